The van der Waals surface area contributed by atoms with Crippen molar-refractivity contribution < 1.29 is 18.4 Å². The van der Waals surface area contributed by atoms with Gasteiger partial charge in [-0.3, -0.25) is 4.79 Å². The van der Waals surface area contributed by atoms with Crippen LogP contribution in [-0.2, 0) is 10.3 Å². The smallest absolute Gasteiger partial charge is 0.317 e. The first-order valence-electron chi connectivity index (χ1n) is 10.0. The molecule has 0 spiro atoms. The predicted octanol–water partition coefficient (Wildman–Crippen LogP) is 5.07. The highest BCUT2D eigenvalue weighted by molar-refractivity contribution is 6.16. The van der Waals surface area contributed by atoms with Crippen molar-refractivity contribution in [3.8, 4) is 11.8 Å². The fraction of sp³-hybridized carbons (Fsp3) is 0.154. The lowest BCUT2D eigenvalue weighted by molar-refractivity contribution is -0.122. The van der Waals surface area contributed by atoms with Gasteiger partial charge in [0, 0.05) is 18.2 Å². The highest BCUT2D eigenvalue weighted by Crippen LogP contribution is 2.39. The van der Waals surface area contributed by atoms with Crippen LogP contribution in [-0.4, -0.2) is 23.9 Å². The van der Waals surface area contributed by atoms with E-state index >= 15 is 0 Å². The summed E-state index contributed by atoms with van der Waals surface area (Å²) in [6.07, 6.45) is -0.117. The van der Waals surface area contributed by atoms with Gasteiger partial charge in [-0.25, -0.2) is 18.5 Å². The maximum absolute atomic E-state index is 14.9. The fourth-order valence-electron chi connectivity index (χ4n) is 3.79. The SMILES string of the molecule is CN1C(=O)N(c2c(F)cc(C#Cc3ccccc3)cc2F)C(=O)C[C@@]1(C)c1ccccc1. The van der Waals surface area contributed by atoms with Crippen molar-refractivity contribution in [1.29, 1.82) is 0 Å². The summed E-state index contributed by atoms with van der Waals surface area (Å²) in [4.78, 5) is 28.0. The second-order valence-electron chi connectivity index (χ2n) is 7.79. The third-order valence-electron chi connectivity index (χ3n) is 5.72. The highest BCUT2D eigenvalue weighted by Gasteiger charge is 2.47. The first kappa shape index (κ1) is 21.3. The van der Waals surface area contributed by atoms with E-state index in [1.807, 2.05) is 48.5 Å². The summed E-state index contributed by atoms with van der Waals surface area (Å²) >= 11 is 0. The zero-order chi connectivity index (χ0) is 22.9. The van der Waals surface area contributed by atoms with Crippen molar-refractivity contribution >= 4 is 17.6 Å². The van der Waals surface area contributed by atoms with E-state index in [0.29, 0.717) is 10.5 Å². The molecular weight excluding hydrogens is 410 g/mol. The Hall–Kier alpha value is -3.98. The van der Waals surface area contributed by atoms with Gasteiger partial charge in [-0.05, 0) is 36.8 Å². The van der Waals surface area contributed by atoms with Crippen LogP contribution in [0.15, 0.2) is 72.8 Å². The topological polar surface area (TPSA) is 40.6 Å². The van der Waals surface area contributed by atoms with Crippen LogP contribution in [0.5, 0.6) is 0 Å². The zero-order valence-corrected chi connectivity index (χ0v) is 17.6. The molecule has 6 heteroatoms. The van der Waals surface area contributed by atoms with Gasteiger partial charge in [0.05, 0.1) is 12.0 Å². The summed E-state index contributed by atoms with van der Waals surface area (Å²) in [6.45, 7) is 1.75. The van der Waals surface area contributed by atoms with Gasteiger partial charge in [-0.2, -0.15) is 0 Å². The van der Waals surface area contributed by atoms with Crippen LogP contribution in [0.1, 0.15) is 30.0 Å². The molecule has 0 N–H and O–H groups in total. The number of carbonyl (C=O) groups excluding carboxylic acids is 2. The number of hydrogen-bond donors (Lipinski definition) is 0. The molecule has 0 aromatic heterocycles. The molecule has 0 aliphatic carbocycles. The summed E-state index contributed by atoms with van der Waals surface area (Å²) in [6, 6.07) is 19.3. The molecule has 3 amide bonds. The lowest BCUT2D eigenvalue weighted by Gasteiger charge is -2.45. The largest absolute Gasteiger partial charge is 0.332 e. The molecule has 1 fully saturated rings. The summed E-state index contributed by atoms with van der Waals surface area (Å²) < 4.78 is 29.9. The zero-order valence-electron chi connectivity index (χ0n) is 17.6. The lowest BCUT2D eigenvalue weighted by Crippen LogP contribution is -2.60. The van der Waals surface area contributed by atoms with Crippen molar-refractivity contribution in [3.63, 3.8) is 0 Å². The maximum atomic E-state index is 14.9. The molecule has 0 radical (unpaired) electrons. The van der Waals surface area contributed by atoms with Gasteiger partial charge >= 0.3 is 6.03 Å². The number of carbonyl (C=O) groups is 2. The molecule has 1 saturated heterocycles. The molecule has 0 unspecified atom stereocenters. The lowest BCUT2D eigenvalue weighted by atomic mass is 9.85. The Morgan fingerprint density at radius 1 is 0.844 bits per heavy atom. The second-order valence-corrected chi connectivity index (χ2v) is 7.79. The van der Waals surface area contributed by atoms with Gasteiger partial charge in [0.1, 0.15) is 5.69 Å². The minimum absolute atomic E-state index is 0.104. The van der Waals surface area contributed by atoms with E-state index in [9.17, 15) is 18.4 Å². The predicted molar refractivity (Wildman–Crippen MR) is 118 cm³/mol. The summed E-state index contributed by atoms with van der Waals surface area (Å²) in [5.41, 5.74) is -0.0591. The van der Waals surface area contributed by atoms with Crippen molar-refractivity contribution in [2.45, 2.75) is 18.9 Å². The second kappa shape index (κ2) is 8.27. The number of benzene rings is 3. The Balaban J connectivity index is 1.68. The Morgan fingerprint density at radius 3 is 1.97 bits per heavy atom. The maximum Gasteiger partial charge on any atom is 0.332 e. The van der Waals surface area contributed by atoms with E-state index in [1.54, 1.807) is 19.1 Å². The average molecular weight is 430 g/mol. The number of urea groups is 1. The van der Waals surface area contributed by atoms with Gasteiger partial charge in [0.15, 0.2) is 11.6 Å². The molecule has 1 heterocycles. The quantitative estimate of drug-likeness (QED) is 0.533. The van der Waals surface area contributed by atoms with Crippen LogP contribution in [0.2, 0.25) is 0 Å². The average Bonchev–Trinajstić information content (AvgIpc) is 2.79. The van der Waals surface area contributed by atoms with Crippen LogP contribution in [0.3, 0.4) is 0 Å². The van der Waals surface area contributed by atoms with Crippen molar-refractivity contribution in [2.75, 3.05) is 11.9 Å². The van der Waals surface area contributed by atoms with E-state index in [4.69, 9.17) is 0 Å². The van der Waals surface area contributed by atoms with E-state index in [2.05, 4.69) is 11.8 Å². The Bertz CT molecular complexity index is 1230. The Labute approximate surface area is 185 Å². The standard InChI is InChI=1S/C26H20F2N2O2/c1-26(20-11-7-4-8-12-20)17-23(31)30(25(32)29(26)2)24-21(27)15-19(16-22(24)28)14-13-18-9-5-3-6-10-18/h3-12,15-16H,17H2,1-2H3/t26-/m0/s1. The van der Waals surface area contributed by atoms with E-state index in [0.717, 1.165) is 17.7 Å². The number of rotatable bonds is 2. The molecule has 1 aliphatic rings. The van der Waals surface area contributed by atoms with Crippen molar-refractivity contribution in [2.24, 2.45) is 0 Å². The summed E-state index contributed by atoms with van der Waals surface area (Å²) in [5, 5.41) is 0. The summed E-state index contributed by atoms with van der Waals surface area (Å²) in [7, 11) is 1.52. The third kappa shape index (κ3) is 3.74. The number of nitrogens with zero attached hydrogens (tertiary/aromatic N) is 2. The fourth-order valence-corrected chi connectivity index (χ4v) is 3.79. The molecule has 32 heavy (non-hydrogen) atoms. The molecule has 3 aromatic rings. The first-order chi connectivity index (χ1) is 15.3. The van der Waals surface area contributed by atoms with Crippen LogP contribution < -0.4 is 4.90 Å². The minimum atomic E-state index is -1.03. The van der Waals surface area contributed by atoms with E-state index in [-0.39, 0.29) is 12.0 Å². The summed E-state index contributed by atoms with van der Waals surface area (Å²) in [5.74, 6) is 2.80. The van der Waals surface area contributed by atoms with Crippen molar-refractivity contribution in [1.82, 2.24) is 4.90 Å². The number of imide groups is 1. The van der Waals surface area contributed by atoms with Gasteiger partial charge in [0.25, 0.3) is 0 Å². The third-order valence-corrected chi connectivity index (χ3v) is 5.72. The van der Waals surface area contributed by atoms with Crippen LogP contribution >= 0.6 is 0 Å². The highest BCUT2D eigenvalue weighted by atomic mass is 19.1. The molecule has 0 saturated carbocycles. The normalized spacial score (nSPS) is 18.4. The molecule has 1 atom stereocenters. The first-order valence-corrected chi connectivity index (χ1v) is 10.0. The van der Waals surface area contributed by atoms with Crippen molar-refractivity contribution in [3.05, 3.63) is 101 Å². The Kier molecular flexibility index (Phi) is 5.50. The van der Waals surface area contributed by atoms with Gasteiger partial charge in [-0.1, -0.05) is 60.4 Å². The van der Waals surface area contributed by atoms with E-state index < -0.39 is 34.8 Å². The van der Waals surface area contributed by atoms with Gasteiger partial charge in [-0.15, -0.1) is 0 Å². The van der Waals surface area contributed by atoms with Crippen LogP contribution in [0.25, 0.3) is 0 Å². The van der Waals surface area contributed by atoms with Gasteiger partial charge in [0.2, 0.25) is 5.91 Å². The molecule has 1 aliphatic heterocycles. The number of anilines is 1. The molecule has 3 aromatic carbocycles. The molecule has 160 valence electrons. The number of amides is 3. The molecular formula is C26H20F2N2O2. The molecule has 4 rings (SSSR count). The van der Waals surface area contributed by atoms with E-state index in [1.165, 1.54) is 11.9 Å². The number of hydrogen-bond acceptors (Lipinski definition) is 2. The van der Waals surface area contributed by atoms with Crippen LogP contribution in [0.4, 0.5) is 19.3 Å². The van der Waals surface area contributed by atoms with Crippen LogP contribution in [0, 0.1) is 23.5 Å². The minimum Gasteiger partial charge on any atom is -0.317 e. The molecule has 4 nitrogen and oxygen atoms in total. The van der Waals surface area contributed by atoms with Gasteiger partial charge < -0.3 is 4.90 Å². The number of halogens is 2. The monoisotopic (exact) mass is 430 g/mol. The molecule has 0 bridgehead atoms. The Morgan fingerprint density at radius 2 is 1.38 bits per heavy atom.